The van der Waals surface area contributed by atoms with Gasteiger partial charge in [0, 0.05) is 11.1 Å². The van der Waals surface area contributed by atoms with Crippen molar-refractivity contribution in [3.63, 3.8) is 0 Å². The van der Waals surface area contributed by atoms with Crippen molar-refractivity contribution in [2.24, 2.45) is 0 Å². The van der Waals surface area contributed by atoms with E-state index in [-0.39, 0.29) is 11.5 Å². The van der Waals surface area contributed by atoms with Gasteiger partial charge in [-0.25, -0.2) is 0 Å². The van der Waals surface area contributed by atoms with E-state index in [1.54, 1.807) is 0 Å². The van der Waals surface area contributed by atoms with Crippen molar-refractivity contribution in [1.82, 2.24) is 9.78 Å². The fourth-order valence-electron chi connectivity index (χ4n) is 1.74. The first-order valence-electron chi connectivity index (χ1n) is 5.44. The Morgan fingerprint density at radius 3 is 2.24 bits per heavy atom. The van der Waals surface area contributed by atoms with Crippen LogP contribution in [0.1, 0.15) is 38.2 Å². The molecule has 6 heteroatoms. The quantitative estimate of drug-likeness (QED) is 0.764. The summed E-state index contributed by atoms with van der Waals surface area (Å²) in [6, 6.07) is 1.07. The summed E-state index contributed by atoms with van der Waals surface area (Å²) in [6.45, 7) is 6.49. The lowest BCUT2D eigenvalue weighted by Gasteiger charge is -2.31. The molecule has 0 bridgehead atoms. The standard InChI is InChI=1S/C11H15F3N2O/c1-10(2,3)9-4-8(11(12,13)14)15-16(9)7-5-17-6-7/h4,7H,5-6H2,1-3H3. The largest absolute Gasteiger partial charge is 0.435 e. The number of aromatic nitrogens is 2. The highest BCUT2D eigenvalue weighted by atomic mass is 19.4. The summed E-state index contributed by atoms with van der Waals surface area (Å²) in [5, 5.41) is 3.68. The predicted octanol–water partition coefficient (Wildman–Crippen LogP) is 2.77. The first-order valence-corrected chi connectivity index (χ1v) is 5.44. The number of nitrogens with zero attached hydrogens (tertiary/aromatic N) is 2. The molecule has 1 aromatic heterocycles. The van der Waals surface area contributed by atoms with Gasteiger partial charge in [0.1, 0.15) is 0 Å². The highest BCUT2D eigenvalue weighted by Crippen LogP contribution is 2.34. The molecule has 1 fully saturated rings. The van der Waals surface area contributed by atoms with Crippen LogP contribution in [0.3, 0.4) is 0 Å². The summed E-state index contributed by atoms with van der Waals surface area (Å²) < 4.78 is 44.4. The van der Waals surface area contributed by atoms with Crippen molar-refractivity contribution in [3.05, 3.63) is 17.5 Å². The minimum atomic E-state index is -4.39. The van der Waals surface area contributed by atoms with Crippen molar-refractivity contribution in [2.75, 3.05) is 13.2 Å². The fraction of sp³-hybridized carbons (Fsp3) is 0.727. The molecule has 0 aliphatic carbocycles. The van der Waals surface area contributed by atoms with Crippen LogP contribution in [-0.2, 0) is 16.3 Å². The normalized spacial score (nSPS) is 18.2. The molecule has 0 saturated carbocycles. The lowest BCUT2D eigenvalue weighted by atomic mass is 9.91. The van der Waals surface area contributed by atoms with Gasteiger partial charge in [-0.2, -0.15) is 18.3 Å². The zero-order chi connectivity index (χ0) is 12.8. The molecule has 17 heavy (non-hydrogen) atoms. The van der Waals surface area contributed by atoms with Gasteiger partial charge in [-0.05, 0) is 6.07 Å². The van der Waals surface area contributed by atoms with Crippen LogP contribution in [0.2, 0.25) is 0 Å². The van der Waals surface area contributed by atoms with E-state index in [9.17, 15) is 13.2 Å². The molecule has 0 atom stereocenters. The van der Waals surface area contributed by atoms with Gasteiger partial charge in [-0.1, -0.05) is 20.8 Å². The third kappa shape index (κ3) is 2.31. The van der Waals surface area contributed by atoms with E-state index in [1.165, 1.54) is 4.68 Å². The Balaban J connectivity index is 2.44. The highest BCUT2D eigenvalue weighted by Gasteiger charge is 2.38. The third-order valence-electron chi connectivity index (χ3n) is 2.76. The molecule has 0 unspecified atom stereocenters. The Kier molecular flexibility index (Phi) is 2.72. The van der Waals surface area contributed by atoms with Gasteiger partial charge in [0.15, 0.2) is 5.69 Å². The molecule has 2 heterocycles. The van der Waals surface area contributed by atoms with E-state index in [2.05, 4.69) is 5.10 Å². The number of ether oxygens (including phenoxy) is 1. The van der Waals surface area contributed by atoms with E-state index >= 15 is 0 Å². The van der Waals surface area contributed by atoms with E-state index in [4.69, 9.17) is 4.74 Å². The second-order valence-corrected chi connectivity index (χ2v) is 5.30. The Labute approximate surface area is 97.6 Å². The second-order valence-electron chi connectivity index (χ2n) is 5.30. The van der Waals surface area contributed by atoms with Gasteiger partial charge in [-0.3, -0.25) is 4.68 Å². The van der Waals surface area contributed by atoms with Crippen LogP contribution in [0, 0.1) is 0 Å². The molecule has 96 valence electrons. The Morgan fingerprint density at radius 1 is 1.29 bits per heavy atom. The summed E-state index contributed by atoms with van der Waals surface area (Å²) >= 11 is 0. The summed E-state index contributed by atoms with van der Waals surface area (Å²) in [6.07, 6.45) is -4.39. The van der Waals surface area contributed by atoms with Crippen LogP contribution < -0.4 is 0 Å². The predicted molar refractivity (Wildman–Crippen MR) is 55.8 cm³/mol. The molecular formula is C11H15F3N2O. The molecule has 0 amide bonds. The van der Waals surface area contributed by atoms with Gasteiger partial charge >= 0.3 is 6.18 Å². The molecule has 0 aromatic carbocycles. The van der Waals surface area contributed by atoms with E-state index < -0.39 is 11.9 Å². The number of hydrogen-bond donors (Lipinski definition) is 0. The fourth-order valence-corrected chi connectivity index (χ4v) is 1.74. The van der Waals surface area contributed by atoms with Crippen LogP contribution >= 0.6 is 0 Å². The number of halogens is 3. The summed E-state index contributed by atoms with van der Waals surface area (Å²) in [4.78, 5) is 0. The summed E-state index contributed by atoms with van der Waals surface area (Å²) in [7, 11) is 0. The lowest BCUT2D eigenvalue weighted by molar-refractivity contribution is -0.142. The molecule has 1 aromatic rings. The van der Waals surface area contributed by atoms with Crippen molar-refractivity contribution in [2.45, 2.75) is 38.4 Å². The maximum atomic E-state index is 12.6. The molecule has 0 spiro atoms. The third-order valence-corrected chi connectivity index (χ3v) is 2.76. The monoisotopic (exact) mass is 248 g/mol. The molecule has 0 N–H and O–H groups in total. The minimum Gasteiger partial charge on any atom is -0.377 e. The molecular weight excluding hydrogens is 233 g/mol. The molecule has 3 nitrogen and oxygen atoms in total. The number of rotatable bonds is 1. The lowest BCUT2D eigenvalue weighted by Crippen LogP contribution is -2.34. The highest BCUT2D eigenvalue weighted by molar-refractivity contribution is 5.21. The van der Waals surface area contributed by atoms with Gasteiger partial charge in [0.25, 0.3) is 0 Å². The smallest absolute Gasteiger partial charge is 0.377 e. The summed E-state index contributed by atoms with van der Waals surface area (Å²) in [5.41, 5.74) is -0.598. The Bertz CT molecular complexity index is 413. The van der Waals surface area contributed by atoms with Crippen LogP contribution in [0.5, 0.6) is 0 Å². The topological polar surface area (TPSA) is 27.1 Å². The van der Waals surface area contributed by atoms with Crippen LogP contribution in [0.15, 0.2) is 6.07 Å². The van der Waals surface area contributed by atoms with Gasteiger partial charge in [0.2, 0.25) is 0 Å². The van der Waals surface area contributed by atoms with Gasteiger partial charge in [-0.15, -0.1) is 0 Å². The van der Waals surface area contributed by atoms with Crippen molar-refractivity contribution >= 4 is 0 Å². The zero-order valence-corrected chi connectivity index (χ0v) is 10.0. The average Bonchev–Trinajstić information content (AvgIpc) is 2.42. The van der Waals surface area contributed by atoms with Crippen molar-refractivity contribution in [1.29, 1.82) is 0 Å². The minimum absolute atomic E-state index is 0.0691. The molecule has 1 saturated heterocycles. The molecule has 0 radical (unpaired) electrons. The molecule has 2 rings (SSSR count). The number of hydrogen-bond acceptors (Lipinski definition) is 2. The van der Waals surface area contributed by atoms with Gasteiger partial charge in [0.05, 0.1) is 19.3 Å². The Morgan fingerprint density at radius 2 is 1.88 bits per heavy atom. The maximum Gasteiger partial charge on any atom is 0.435 e. The van der Waals surface area contributed by atoms with E-state index in [1.807, 2.05) is 20.8 Å². The van der Waals surface area contributed by atoms with Crippen molar-refractivity contribution in [3.8, 4) is 0 Å². The summed E-state index contributed by atoms with van der Waals surface area (Å²) in [5.74, 6) is 0. The maximum absolute atomic E-state index is 12.6. The van der Waals surface area contributed by atoms with Crippen molar-refractivity contribution < 1.29 is 17.9 Å². The van der Waals surface area contributed by atoms with Crippen LogP contribution in [-0.4, -0.2) is 23.0 Å². The first kappa shape index (κ1) is 12.4. The van der Waals surface area contributed by atoms with Gasteiger partial charge < -0.3 is 4.74 Å². The zero-order valence-electron chi connectivity index (χ0n) is 10.0. The van der Waals surface area contributed by atoms with E-state index in [0.717, 1.165) is 6.07 Å². The second kappa shape index (κ2) is 3.73. The van der Waals surface area contributed by atoms with E-state index in [0.29, 0.717) is 18.9 Å². The first-order chi connectivity index (χ1) is 7.69. The molecule has 1 aliphatic heterocycles. The number of alkyl halides is 3. The SMILES string of the molecule is CC(C)(C)c1cc(C(F)(F)F)nn1C1COC1. The Hall–Kier alpha value is -1.04. The van der Waals surface area contributed by atoms with Crippen LogP contribution in [0.25, 0.3) is 0 Å². The van der Waals surface area contributed by atoms with Crippen LogP contribution in [0.4, 0.5) is 13.2 Å². The average molecular weight is 248 g/mol. The molecule has 1 aliphatic rings.